The molecule has 34 heavy (non-hydrogen) atoms. The van der Waals surface area contributed by atoms with Gasteiger partial charge in [0.15, 0.2) is 0 Å². The Morgan fingerprint density at radius 2 is 2.21 bits per heavy atom. The van der Waals surface area contributed by atoms with Gasteiger partial charge >= 0.3 is 0 Å². The third kappa shape index (κ3) is 5.98. The van der Waals surface area contributed by atoms with Crippen molar-refractivity contribution in [3.8, 4) is 11.3 Å². The van der Waals surface area contributed by atoms with Crippen molar-refractivity contribution < 1.29 is 31.1 Å². The Hall–Kier alpha value is -2.85. The second-order valence-electron chi connectivity index (χ2n) is 7.27. The van der Waals surface area contributed by atoms with Gasteiger partial charge in [0.2, 0.25) is 0 Å². The summed E-state index contributed by atoms with van der Waals surface area (Å²) in [5, 5.41) is 1.57. The van der Waals surface area contributed by atoms with E-state index in [2.05, 4.69) is 46.7 Å². The molecular weight excluding hydrogens is 615 g/mol. The summed E-state index contributed by atoms with van der Waals surface area (Å²) in [5.74, 6) is 0. The number of fused-ring (bicyclic) bond motifs is 3. The zero-order valence-electron chi connectivity index (χ0n) is 26.3. The molecule has 4 aromatic rings. The van der Waals surface area contributed by atoms with Crippen molar-refractivity contribution in [1.82, 2.24) is 9.97 Å². The molecular formula is C29H27IrN3S-2. The van der Waals surface area contributed by atoms with Crippen LogP contribution in [-0.4, -0.2) is 15.7 Å². The summed E-state index contributed by atoms with van der Waals surface area (Å²) in [6, 6.07) is 8.98. The fourth-order valence-electron chi connectivity index (χ4n) is 3.33. The smallest absolute Gasteiger partial charge is 0.113 e. The van der Waals surface area contributed by atoms with Gasteiger partial charge in [0.05, 0.1) is 2.74 Å². The summed E-state index contributed by atoms with van der Waals surface area (Å²) in [4.78, 5) is 13.2. The van der Waals surface area contributed by atoms with Crippen LogP contribution >= 0.6 is 11.3 Å². The SMILES string of the molecule is C=CC[CH-]C(=C)C1=NC=CCC1.[2H]c1c(C([2H])([2H])[2H])cnc(-c2[c-]ccc3c2sc2nc(C([2H])([2H])[2H])ccc23)c1[2H].[Ir]. The van der Waals surface area contributed by atoms with E-state index in [4.69, 9.17) is 11.0 Å². The number of aryl methyl sites for hydroxylation is 2. The van der Waals surface area contributed by atoms with Crippen LogP contribution in [0, 0.1) is 26.2 Å². The van der Waals surface area contributed by atoms with Crippen molar-refractivity contribution in [2.45, 2.75) is 33.0 Å². The van der Waals surface area contributed by atoms with Gasteiger partial charge in [-0.25, -0.2) is 4.98 Å². The number of benzene rings is 1. The molecule has 3 nitrogen and oxygen atoms in total. The monoisotopic (exact) mass is 650 g/mol. The minimum absolute atomic E-state index is 0. The molecule has 3 aromatic heterocycles. The van der Waals surface area contributed by atoms with Crippen molar-refractivity contribution in [3.63, 3.8) is 0 Å². The molecule has 175 valence electrons. The van der Waals surface area contributed by atoms with Crippen LogP contribution < -0.4 is 0 Å². The van der Waals surface area contributed by atoms with E-state index in [0.717, 1.165) is 47.5 Å². The van der Waals surface area contributed by atoms with E-state index in [-0.39, 0.29) is 43.1 Å². The number of hydrogen-bond acceptors (Lipinski definition) is 4. The molecule has 1 radical (unpaired) electrons. The van der Waals surface area contributed by atoms with E-state index in [9.17, 15) is 0 Å². The van der Waals surface area contributed by atoms with Crippen LogP contribution in [-0.2, 0) is 20.1 Å². The number of rotatable bonds is 5. The Labute approximate surface area is 230 Å². The number of thiophene rings is 1. The fourth-order valence-corrected chi connectivity index (χ4v) is 4.50. The van der Waals surface area contributed by atoms with Gasteiger partial charge in [-0.05, 0) is 47.5 Å². The average Bonchev–Trinajstić information content (AvgIpc) is 3.31. The minimum Gasteiger partial charge on any atom is -0.325 e. The van der Waals surface area contributed by atoms with E-state index >= 15 is 0 Å². The number of aliphatic imine (C=N–C) groups is 1. The first-order chi connectivity index (χ1) is 19.3. The molecule has 0 saturated heterocycles. The normalized spacial score (nSPS) is 16.5. The second-order valence-corrected chi connectivity index (χ2v) is 8.27. The van der Waals surface area contributed by atoms with Crippen molar-refractivity contribution >= 4 is 37.4 Å². The number of aromatic nitrogens is 2. The van der Waals surface area contributed by atoms with Crippen LogP contribution in [0.2, 0.25) is 0 Å². The molecule has 1 aliphatic rings. The van der Waals surface area contributed by atoms with E-state index < -0.39 is 19.7 Å². The molecule has 5 heteroatoms. The maximum Gasteiger partial charge on any atom is 0.113 e. The molecule has 0 atom stereocenters. The summed E-state index contributed by atoms with van der Waals surface area (Å²) in [6.07, 6.45) is 11.9. The van der Waals surface area contributed by atoms with Gasteiger partial charge in [-0.15, -0.1) is 30.3 Å². The van der Waals surface area contributed by atoms with Crippen molar-refractivity contribution in [3.05, 3.63) is 103 Å². The molecule has 0 spiro atoms. The molecule has 0 amide bonds. The summed E-state index contributed by atoms with van der Waals surface area (Å²) >= 11 is 1.25. The third-order valence-corrected chi connectivity index (χ3v) is 6.09. The standard InChI is InChI=1S/C18H13N2S.C11H14N.Ir/c1-11-6-9-16(19-10-11)15-5-3-4-13-14-8-7-12(2)20-18(14)21-17(13)15;1-3-4-7-10(2)11-8-5-6-9-12-11;/h3-4,6-10H,1-2H3;3,6-7,9H,1-2,4-5,8H2;/q2*-1;/i1D3,2D3,6D,9D;;. The van der Waals surface area contributed by atoms with Crippen LogP contribution in [0.25, 0.3) is 31.6 Å². The maximum atomic E-state index is 8.27. The summed E-state index contributed by atoms with van der Waals surface area (Å²) in [5.41, 5.74) is 2.47. The van der Waals surface area contributed by atoms with Gasteiger partial charge in [-0.2, -0.15) is 29.9 Å². The van der Waals surface area contributed by atoms with E-state index in [1.165, 1.54) is 17.4 Å². The average molecular weight is 650 g/mol. The van der Waals surface area contributed by atoms with Gasteiger partial charge in [0.1, 0.15) is 4.83 Å². The summed E-state index contributed by atoms with van der Waals surface area (Å²) in [6.45, 7) is 2.75. The predicted octanol–water partition coefficient (Wildman–Crippen LogP) is 8.00. The molecule has 0 bridgehead atoms. The third-order valence-electron chi connectivity index (χ3n) is 4.96. The molecule has 0 saturated carbocycles. The Kier molecular flexibility index (Phi) is 5.92. The zero-order chi connectivity index (χ0) is 29.9. The van der Waals surface area contributed by atoms with Crippen LogP contribution in [0.4, 0.5) is 0 Å². The summed E-state index contributed by atoms with van der Waals surface area (Å²) in [7, 11) is 0. The number of pyridine rings is 2. The molecule has 0 unspecified atom stereocenters. The van der Waals surface area contributed by atoms with E-state index in [1.54, 1.807) is 12.1 Å². The van der Waals surface area contributed by atoms with Gasteiger partial charge in [0, 0.05) is 46.4 Å². The van der Waals surface area contributed by atoms with Crippen LogP contribution in [0.5, 0.6) is 0 Å². The van der Waals surface area contributed by atoms with Crippen molar-refractivity contribution in [1.29, 1.82) is 0 Å². The Morgan fingerprint density at radius 1 is 1.29 bits per heavy atom. The molecule has 0 aliphatic carbocycles. The largest absolute Gasteiger partial charge is 0.325 e. The van der Waals surface area contributed by atoms with Gasteiger partial charge < -0.3 is 9.98 Å². The summed E-state index contributed by atoms with van der Waals surface area (Å²) < 4.78 is 62.2. The second kappa shape index (κ2) is 12.0. The Morgan fingerprint density at radius 3 is 2.97 bits per heavy atom. The molecule has 0 N–H and O–H groups in total. The van der Waals surface area contributed by atoms with E-state index in [0.29, 0.717) is 15.1 Å². The van der Waals surface area contributed by atoms with Crippen LogP contribution in [0.3, 0.4) is 0 Å². The van der Waals surface area contributed by atoms with Gasteiger partial charge in [-0.3, -0.25) is 0 Å². The van der Waals surface area contributed by atoms with Crippen molar-refractivity contribution in [2.24, 2.45) is 4.99 Å². The van der Waals surface area contributed by atoms with Crippen molar-refractivity contribution in [2.75, 3.05) is 0 Å². The minimum atomic E-state index is -2.53. The van der Waals surface area contributed by atoms with E-state index in [1.807, 2.05) is 18.3 Å². The molecule has 5 rings (SSSR count). The maximum absolute atomic E-state index is 8.27. The first kappa shape index (κ1) is 16.7. The van der Waals surface area contributed by atoms with Gasteiger partial charge in [0.25, 0.3) is 0 Å². The number of nitrogens with zero attached hydrogens (tertiary/aromatic N) is 3. The predicted molar refractivity (Wildman–Crippen MR) is 143 cm³/mol. The number of hydrogen-bond donors (Lipinski definition) is 0. The fraction of sp³-hybridized carbons (Fsp3) is 0.172. The number of allylic oxidation sites excluding steroid dienone is 3. The molecule has 1 aromatic carbocycles. The zero-order valence-corrected chi connectivity index (χ0v) is 21.5. The van der Waals surface area contributed by atoms with Crippen LogP contribution in [0.15, 0.2) is 84.6 Å². The molecule has 0 fully saturated rings. The first-order valence-corrected chi connectivity index (χ1v) is 11.2. The quantitative estimate of drug-likeness (QED) is 0.162. The Balaban J connectivity index is 0.000000315. The molecule has 4 heterocycles. The molecule has 1 aliphatic heterocycles. The van der Waals surface area contributed by atoms with Crippen LogP contribution in [0.1, 0.15) is 41.5 Å². The topological polar surface area (TPSA) is 38.1 Å². The van der Waals surface area contributed by atoms with Gasteiger partial charge in [-0.1, -0.05) is 54.2 Å². The first-order valence-electron chi connectivity index (χ1n) is 14.4. The Bertz CT molecular complexity index is 1690.